The fourth-order valence-electron chi connectivity index (χ4n) is 4.30. The summed E-state index contributed by atoms with van der Waals surface area (Å²) in [5, 5.41) is 1.63. The van der Waals surface area contributed by atoms with Crippen molar-refractivity contribution in [3.05, 3.63) is 36.7 Å². The van der Waals surface area contributed by atoms with E-state index in [1.165, 1.54) is 12.8 Å². The number of pyridine rings is 1. The van der Waals surface area contributed by atoms with Gasteiger partial charge in [0.2, 0.25) is 10.0 Å². The van der Waals surface area contributed by atoms with Crippen LogP contribution in [0.2, 0.25) is 0 Å². The van der Waals surface area contributed by atoms with Crippen molar-refractivity contribution in [1.29, 1.82) is 0 Å². The van der Waals surface area contributed by atoms with Crippen molar-refractivity contribution in [2.24, 2.45) is 5.92 Å². The van der Waals surface area contributed by atoms with Crippen LogP contribution in [-0.4, -0.2) is 54.8 Å². The summed E-state index contributed by atoms with van der Waals surface area (Å²) in [7, 11) is -3.46. The van der Waals surface area contributed by atoms with Gasteiger partial charge in [0, 0.05) is 42.3 Å². The van der Waals surface area contributed by atoms with Gasteiger partial charge in [-0.3, -0.25) is 4.98 Å². The number of piperidine rings is 2. The van der Waals surface area contributed by atoms with Gasteiger partial charge in [0.1, 0.15) is 0 Å². The second-order valence-electron chi connectivity index (χ2n) is 7.71. The van der Waals surface area contributed by atoms with Crippen LogP contribution in [0, 0.1) is 5.92 Å². The summed E-state index contributed by atoms with van der Waals surface area (Å²) in [6, 6.07) is 7.76. The molecule has 140 valence electrons. The average molecular weight is 374 g/mol. The van der Waals surface area contributed by atoms with Crippen molar-refractivity contribution in [3.8, 4) is 0 Å². The molecule has 2 fully saturated rings. The highest BCUT2D eigenvalue weighted by Crippen LogP contribution is 2.29. The Balaban J connectivity index is 1.50. The van der Waals surface area contributed by atoms with Crippen LogP contribution in [0.15, 0.2) is 41.6 Å². The number of hydrogen-bond acceptors (Lipinski definition) is 4. The summed E-state index contributed by atoms with van der Waals surface area (Å²) >= 11 is 0. The molecule has 0 radical (unpaired) electrons. The molecule has 1 aromatic heterocycles. The molecule has 5 nitrogen and oxygen atoms in total. The summed E-state index contributed by atoms with van der Waals surface area (Å²) in [6.45, 7) is 5.87. The van der Waals surface area contributed by atoms with Crippen LogP contribution in [-0.2, 0) is 10.0 Å². The van der Waals surface area contributed by atoms with Crippen molar-refractivity contribution < 1.29 is 8.42 Å². The highest BCUT2D eigenvalue weighted by Gasteiger charge is 2.33. The van der Waals surface area contributed by atoms with Gasteiger partial charge in [0.05, 0.1) is 4.90 Å². The second kappa shape index (κ2) is 7.25. The maximum atomic E-state index is 13.2. The normalized spacial score (nSPS) is 22.0. The lowest BCUT2D eigenvalue weighted by Crippen LogP contribution is -2.48. The lowest BCUT2D eigenvalue weighted by atomic mass is 9.95. The molecule has 2 aromatic rings. The predicted molar refractivity (Wildman–Crippen MR) is 103 cm³/mol. The third kappa shape index (κ3) is 3.38. The lowest BCUT2D eigenvalue weighted by Gasteiger charge is -2.41. The van der Waals surface area contributed by atoms with E-state index >= 15 is 0 Å². The minimum absolute atomic E-state index is 0.405. The van der Waals surface area contributed by atoms with Gasteiger partial charge >= 0.3 is 0 Å². The highest BCUT2D eigenvalue weighted by molar-refractivity contribution is 7.89. The Morgan fingerprint density at radius 1 is 1.00 bits per heavy atom. The maximum Gasteiger partial charge on any atom is 0.243 e. The van der Waals surface area contributed by atoms with Gasteiger partial charge in [0.15, 0.2) is 0 Å². The van der Waals surface area contributed by atoms with E-state index in [2.05, 4.69) is 16.8 Å². The summed E-state index contributed by atoms with van der Waals surface area (Å²) in [5.41, 5.74) is 0. The second-order valence-corrected chi connectivity index (χ2v) is 9.61. The summed E-state index contributed by atoms with van der Waals surface area (Å²) in [4.78, 5) is 7.08. The molecule has 2 aliphatic rings. The number of fused-ring (bicyclic) bond motifs is 1. The first-order chi connectivity index (χ1) is 12.6. The third-order valence-electron chi connectivity index (χ3n) is 6.02. The molecule has 2 aliphatic heterocycles. The monoisotopic (exact) mass is 373 g/mol. The Morgan fingerprint density at radius 2 is 1.73 bits per heavy atom. The standard InChI is InChI=1S/C20H27N3O2S/c1-16-6-11-22(12-7-16)18-8-13-23(14-9-18)26(24,25)20-4-2-3-17-15-21-10-5-19(17)20/h2-5,10,15-16,18H,6-9,11-14H2,1H3. The quantitative estimate of drug-likeness (QED) is 0.829. The van der Waals surface area contributed by atoms with Gasteiger partial charge in [-0.2, -0.15) is 4.31 Å². The van der Waals surface area contributed by atoms with Gasteiger partial charge in [0.25, 0.3) is 0 Å². The van der Waals surface area contributed by atoms with Crippen molar-refractivity contribution in [2.45, 2.75) is 43.5 Å². The SMILES string of the molecule is CC1CCN(C2CCN(S(=O)(=O)c3cccc4cnccc34)CC2)CC1. The molecule has 6 heteroatoms. The van der Waals surface area contributed by atoms with Crippen LogP contribution in [0.5, 0.6) is 0 Å². The molecule has 2 saturated heterocycles. The molecule has 0 aliphatic carbocycles. The molecule has 0 atom stereocenters. The molecule has 0 spiro atoms. The van der Waals surface area contributed by atoms with Crippen LogP contribution < -0.4 is 0 Å². The molecule has 3 heterocycles. The fourth-order valence-corrected chi connectivity index (χ4v) is 5.98. The van der Waals surface area contributed by atoms with Crippen LogP contribution in [0.3, 0.4) is 0 Å². The van der Waals surface area contributed by atoms with Crippen molar-refractivity contribution in [2.75, 3.05) is 26.2 Å². The first-order valence-electron chi connectivity index (χ1n) is 9.62. The van der Waals surface area contributed by atoms with E-state index in [4.69, 9.17) is 0 Å². The van der Waals surface area contributed by atoms with Crippen LogP contribution in [0.25, 0.3) is 10.8 Å². The van der Waals surface area contributed by atoms with E-state index in [0.29, 0.717) is 24.0 Å². The predicted octanol–water partition coefficient (Wildman–Crippen LogP) is 3.12. The Kier molecular flexibility index (Phi) is 4.99. The summed E-state index contributed by atoms with van der Waals surface area (Å²) < 4.78 is 28.1. The fraction of sp³-hybridized carbons (Fsp3) is 0.550. The molecule has 0 saturated carbocycles. The van der Waals surface area contributed by atoms with Gasteiger partial charge in [-0.1, -0.05) is 19.1 Å². The highest BCUT2D eigenvalue weighted by atomic mass is 32.2. The third-order valence-corrected chi connectivity index (χ3v) is 7.97. The van der Waals surface area contributed by atoms with Gasteiger partial charge in [-0.05, 0) is 56.8 Å². The number of hydrogen-bond donors (Lipinski definition) is 0. The molecule has 0 amide bonds. The molecule has 0 bridgehead atoms. The zero-order valence-electron chi connectivity index (χ0n) is 15.3. The van der Waals surface area contributed by atoms with E-state index in [1.54, 1.807) is 34.9 Å². The average Bonchev–Trinajstić information content (AvgIpc) is 2.68. The van der Waals surface area contributed by atoms with Gasteiger partial charge in [-0.25, -0.2) is 8.42 Å². The first kappa shape index (κ1) is 17.9. The molecule has 4 rings (SSSR count). The number of rotatable bonds is 3. The van der Waals surface area contributed by atoms with Crippen molar-refractivity contribution in [1.82, 2.24) is 14.2 Å². The van der Waals surface area contributed by atoms with Gasteiger partial charge < -0.3 is 4.90 Å². The molecule has 1 aromatic carbocycles. The van der Waals surface area contributed by atoms with Crippen molar-refractivity contribution in [3.63, 3.8) is 0 Å². The number of likely N-dealkylation sites (tertiary alicyclic amines) is 1. The van der Waals surface area contributed by atoms with Crippen molar-refractivity contribution >= 4 is 20.8 Å². The number of nitrogens with zero attached hydrogens (tertiary/aromatic N) is 3. The van der Waals surface area contributed by atoms with Gasteiger partial charge in [-0.15, -0.1) is 0 Å². The zero-order chi connectivity index (χ0) is 18.1. The topological polar surface area (TPSA) is 53.5 Å². The maximum absolute atomic E-state index is 13.2. The minimum Gasteiger partial charge on any atom is -0.300 e. The molecular weight excluding hydrogens is 346 g/mol. The Bertz CT molecular complexity index is 862. The summed E-state index contributed by atoms with van der Waals surface area (Å²) in [6.07, 6.45) is 7.77. The largest absolute Gasteiger partial charge is 0.300 e. The van der Waals surface area contributed by atoms with E-state index < -0.39 is 10.0 Å². The molecule has 0 N–H and O–H groups in total. The lowest BCUT2D eigenvalue weighted by molar-refractivity contribution is 0.101. The van der Waals surface area contributed by atoms with Crippen LogP contribution in [0.4, 0.5) is 0 Å². The number of sulfonamides is 1. The Morgan fingerprint density at radius 3 is 2.46 bits per heavy atom. The Hall–Kier alpha value is -1.50. The smallest absolute Gasteiger partial charge is 0.243 e. The zero-order valence-corrected chi connectivity index (χ0v) is 16.2. The molecule has 0 unspecified atom stereocenters. The minimum atomic E-state index is -3.46. The van der Waals surface area contributed by atoms with Crippen LogP contribution in [0.1, 0.15) is 32.6 Å². The van der Waals surface area contributed by atoms with E-state index in [0.717, 1.165) is 42.6 Å². The molecular formula is C20H27N3O2S. The van der Waals surface area contributed by atoms with E-state index in [9.17, 15) is 8.42 Å². The van der Waals surface area contributed by atoms with Crippen LogP contribution >= 0.6 is 0 Å². The van der Waals surface area contributed by atoms with E-state index in [-0.39, 0.29) is 0 Å². The van der Waals surface area contributed by atoms with E-state index in [1.807, 2.05) is 6.07 Å². The first-order valence-corrected chi connectivity index (χ1v) is 11.1. The number of benzene rings is 1. The summed E-state index contributed by atoms with van der Waals surface area (Å²) in [5.74, 6) is 0.826. The molecule has 26 heavy (non-hydrogen) atoms. The Labute approximate surface area is 156 Å². The number of aromatic nitrogens is 1.